The van der Waals surface area contributed by atoms with Gasteiger partial charge in [0.15, 0.2) is 11.5 Å². The molecule has 0 aliphatic rings. The van der Waals surface area contributed by atoms with Crippen molar-refractivity contribution in [3.63, 3.8) is 0 Å². The fourth-order valence-corrected chi connectivity index (χ4v) is 3.96. The molecule has 0 aliphatic carbocycles. The Morgan fingerprint density at radius 3 is 2.48 bits per heavy atom. The molecule has 0 fully saturated rings. The Morgan fingerprint density at radius 1 is 1.09 bits per heavy atom. The van der Waals surface area contributed by atoms with Crippen molar-refractivity contribution in [2.24, 2.45) is 0 Å². The summed E-state index contributed by atoms with van der Waals surface area (Å²) < 4.78 is 11.6. The van der Waals surface area contributed by atoms with Crippen LogP contribution in [0, 0.1) is 13.8 Å². The lowest BCUT2D eigenvalue weighted by Crippen LogP contribution is -2.14. The van der Waals surface area contributed by atoms with Crippen LogP contribution in [-0.4, -0.2) is 37.4 Å². The molecule has 0 spiro atoms. The number of benzene rings is 2. The minimum atomic E-state index is -0.233. The highest BCUT2D eigenvalue weighted by atomic mass is 32.1. The Bertz CT molecular complexity index is 1300. The quantitative estimate of drug-likeness (QED) is 0.450. The number of ether oxygens (including phenoxy) is 1. The van der Waals surface area contributed by atoms with Crippen molar-refractivity contribution in [2.75, 3.05) is 12.4 Å². The van der Waals surface area contributed by atoms with Gasteiger partial charge in [-0.3, -0.25) is 10.1 Å². The summed E-state index contributed by atoms with van der Waals surface area (Å²) in [4.78, 5) is 17.1. The Balaban J connectivity index is 1.55. The molecule has 1 N–H and O–H groups in total. The molecule has 33 heavy (non-hydrogen) atoms. The number of anilines is 1. The van der Waals surface area contributed by atoms with Crippen LogP contribution < -0.4 is 10.1 Å². The lowest BCUT2D eigenvalue weighted by atomic mass is 9.87. The number of carbonyl (C=O) groups excluding carboxylic acids is 1. The lowest BCUT2D eigenvalue weighted by molar-refractivity contribution is 0.102. The number of carbonyl (C=O) groups is 1. The summed E-state index contributed by atoms with van der Waals surface area (Å²) in [5.41, 5.74) is 4.94. The van der Waals surface area contributed by atoms with Crippen LogP contribution in [0.4, 0.5) is 5.13 Å². The molecule has 2 aromatic carbocycles. The summed E-state index contributed by atoms with van der Waals surface area (Å²) in [5, 5.41) is 11.8. The van der Waals surface area contributed by atoms with E-state index in [0.29, 0.717) is 28.0 Å². The Kier molecular flexibility index (Phi) is 5.99. The van der Waals surface area contributed by atoms with E-state index in [0.717, 1.165) is 28.5 Å². The van der Waals surface area contributed by atoms with E-state index in [9.17, 15) is 4.79 Å². The van der Waals surface area contributed by atoms with Crippen molar-refractivity contribution in [1.82, 2.24) is 24.4 Å². The number of rotatable bonds is 5. The second kappa shape index (κ2) is 8.74. The first-order valence-electron chi connectivity index (χ1n) is 10.5. The number of nitrogens with zero attached hydrogens (tertiary/aromatic N) is 5. The van der Waals surface area contributed by atoms with Gasteiger partial charge in [-0.2, -0.15) is 9.36 Å². The van der Waals surface area contributed by atoms with Crippen molar-refractivity contribution in [2.45, 2.75) is 40.0 Å². The highest BCUT2D eigenvalue weighted by Gasteiger charge is 2.20. The standard InChI is InChI=1S/C24H26N6O2S/c1-14-7-12-19(32-6)18(13-14)30-15(2)20(27-29-30)21-25-23(33-28-21)26-22(31)16-8-10-17(11-9-16)24(3,4)5/h7-13H,1-6H3,(H,25,26,28,31). The molecule has 0 saturated carbocycles. The van der Waals surface area contributed by atoms with Gasteiger partial charge in [0.2, 0.25) is 5.13 Å². The van der Waals surface area contributed by atoms with Crippen molar-refractivity contribution in [3.05, 3.63) is 64.8 Å². The number of amides is 1. The number of hydrogen-bond donors (Lipinski definition) is 1. The predicted octanol–water partition coefficient (Wildman–Crippen LogP) is 4.96. The number of hydrogen-bond acceptors (Lipinski definition) is 7. The molecule has 0 saturated heterocycles. The summed E-state index contributed by atoms with van der Waals surface area (Å²) in [6, 6.07) is 13.4. The van der Waals surface area contributed by atoms with Crippen LogP contribution >= 0.6 is 11.5 Å². The van der Waals surface area contributed by atoms with Gasteiger partial charge in [-0.25, -0.2) is 4.68 Å². The number of aryl methyl sites for hydroxylation is 1. The molecule has 0 radical (unpaired) electrons. The van der Waals surface area contributed by atoms with Gasteiger partial charge < -0.3 is 4.74 Å². The number of aromatic nitrogens is 5. The first-order chi connectivity index (χ1) is 15.7. The van der Waals surface area contributed by atoms with E-state index in [4.69, 9.17) is 4.74 Å². The number of methoxy groups -OCH3 is 1. The van der Waals surface area contributed by atoms with E-state index in [-0.39, 0.29) is 11.3 Å². The summed E-state index contributed by atoms with van der Waals surface area (Å²) in [6.45, 7) is 10.3. The third-order valence-corrected chi connectivity index (χ3v) is 5.96. The average molecular weight is 463 g/mol. The maximum absolute atomic E-state index is 12.7. The van der Waals surface area contributed by atoms with E-state index in [2.05, 4.69) is 45.8 Å². The first kappa shape index (κ1) is 22.6. The Hall–Kier alpha value is -3.59. The summed E-state index contributed by atoms with van der Waals surface area (Å²) in [5.74, 6) is 0.869. The zero-order valence-electron chi connectivity index (χ0n) is 19.5. The second-order valence-corrected chi connectivity index (χ2v) is 9.57. The zero-order valence-corrected chi connectivity index (χ0v) is 20.3. The fraction of sp³-hybridized carbons (Fsp3) is 0.292. The molecular formula is C24H26N6O2S. The molecule has 0 unspecified atom stereocenters. The van der Waals surface area contributed by atoms with Crippen molar-refractivity contribution in [3.8, 4) is 23.0 Å². The van der Waals surface area contributed by atoms with Crippen molar-refractivity contribution in [1.29, 1.82) is 0 Å². The average Bonchev–Trinajstić information content (AvgIpc) is 3.39. The third-order valence-electron chi connectivity index (χ3n) is 5.33. The largest absolute Gasteiger partial charge is 0.494 e. The van der Waals surface area contributed by atoms with Crippen LogP contribution in [0.25, 0.3) is 17.2 Å². The van der Waals surface area contributed by atoms with Gasteiger partial charge in [-0.15, -0.1) is 5.10 Å². The monoisotopic (exact) mass is 462 g/mol. The van der Waals surface area contributed by atoms with Gasteiger partial charge in [0.1, 0.15) is 11.4 Å². The molecule has 2 heterocycles. The normalized spacial score (nSPS) is 11.5. The van der Waals surface area contributed by atoms with Crippen molar-refractivity contribution >= 4 is 22.6 Å². The first-order valence-corrected chi connectivity index (χ1v) is 11.3. The molecule has 9 heteroatoms. The van der Waals surface area contributed by atoms with E-state index in [1.165, 1.54) is 5.56 Å². The summed E-state index contributed by atoms with van der Waals surface area (Å²) in [7, 11) is 1.62. The van der Waals surface area contributed by atoms with E-state index in [1.807, 2.05) is 56.3 Å². The summed E-state index contributed by atoms with van der Waals surface area (Å²) in [6.07, 6.45) is 0. The minimum absolute atomic E-state index is 0.0287. The SMILES string of the molecule is COc1ccc(C)cc1-n1nnc(-c2nsc(NC(=O)c3ccc(C(C)(C)C)cc3)n2)c1C. The molecule has 0 aliphatic heterocycles. The highest BCUT2D eigenvalue weighted by Crippen LogP contribution is 2.29. The van der Waals surface area contributed by atoms with Crippen LogP contribution in [0.3, 0.4) is 0 Å². The lowest BCUT2D eigenvalue weighted by Gasteiger charge is -2.18. The van der Waals surface area contributed by atoms with Gasteiger partial charge >= 0.3 is 0 Å². The highest BCUT2D eigenvalue weighted by molar-refractivity contribution is 7.10. The topological polar surface area (TPSA) is 94.8 Å². The minimum Gasteiger partial charge on any atom is -0.494 e. The molecule has 170 valence electrons. The van der Waals surface area contributed by atoms with Gasteiger partial charge in [0, 0.05) is 17.1 Å². The van der Waals surface area contributed by atoms with Gasteiger partial charge in [-0.1, -0.05) is 44.2 Å². The number of nitrogens with one attached hydrogen (secondary N) is 1. The fourth-order valence-electron chi connectivity index (χ4n) is 3.39. The molecule has 2 aromatic heterocycles. The molecular weight excluding hydrogens is 436 g/mol. The maximum atomic E-state index is 12.7. The predicted molar refractivity (Wildman–Crippen MR) is 129 cm³/mol. The molecule has 1 amide bonds. The molecule has 4 aromatic rings. The van der Waals surface area contributed by atoms with Gasteiger partial charge in [0.25, 0.3) is 5.91 Å². The molecule has 4 rings (SSSR count). The Labute approximate surface area is 196 Å². The van der Waals surface area contributed by atoms with Crippen molar-refractivity contribution < 1.29 is 9.53 Å². The molecule has 0 atom stereocenters. The molecule has 0 bridgehead atoms. The van der Waals surface area contributed by atoms with Gasteiger partial charge in [-0.05, 0) is 54.7 Å². The van der Waals surface area contributed by atoms with Gasteiger partial charge in [0.05, 0.1) is 12.8 Å². The van der Waals surface area contributed by atoms with Crippen LogP contribution in [0.15, 0.2) is 42.5 Å². The van der Waals surface area contributed by atoms with Crippen LogP contribution in [0.1, 0.15) is 48.0 Å². The molecule has 8 nitrogen and oxygen atoms in total. The van der Waals surface area contributed by atoms with E-state index < -0.39 is 0 Å². The van der Waals surface area contributed by atoms with Crippen LogP contribution in [0.2, 0.25) is 0 Å². The Morgan fingerprint density at radius 2 is 1.82 bits per heavy atom. The maximum Gasteiger partial charge on any atom is 0.257 e. The zero-order chi connectivity index (χ0) is 23.8. The van der Waals surface area contributed by atoms with E-state index in [1.54, 1.807) is 11.8 Å². The summed E-state index contributed by atoms with van der Waals surface area (Å²) >= 11 is 1.10. The second-order valence-electron chi connectivity index (χ2n) is 8.82. The smallest absolute Gasteiger partial charge is 0.257 e. The van der Waals surface area contributed by atoms with Crippen LogP contribution in [-0.2, 0) is 5.41 Å². The third kappa shape index (κ3) is 4.63. The van der Waals surface area contributed by atoms with Crippen LogP contribution in [0.5, 0.6) is 5.75 Å². The van der Waals surface area contributed by atoms with E-state index >= 15 is 0 Å².